The van der Waals surface area contributed by atoms with Crippen LogP contribution < -0.4 is 5.32 Å². The van der Waals surface area contributed by atoms with Gasteiger partial charge in [0.25, 0.3) is 5.91 Å². The van der Waals surface area contributed by atoms with Crippen LogP contribution in [-0.4, -0.2) is 44.7 Å². The number of amides is 2. The van der Waals surface area contributed by atoms with E-state index in [1.165, 1.54) is 34.0 Å². The van der Waals surface area contributed by atoms with Crippen molar-refractivity contribution in [2.45, 2.75) is 6.18 Å². The van der Waals surface area contributed by atoms with E-state index in [1.54, 1.807) is 0 Å². The van der Waals surface area contributed by atoms with Crippen molar-refractivity contribution in [2.24, 2.45) is 0 Å². The number of alkyl halides is 3. The lowest BCUT2D eigenvalue weighted by molar-refractivity contribution is -0.137. The van der Waals surface area contributed by atoms with Crippen LogP contribution in [0.2, 0.25) is 5.02 Å². The average Bonchev–Trinajstić information content (AvgIpc) is 3.36. The Labute approximate surface area is 177 Å². The molecule has 0 spiro atoms. The molecule has 0 saturated carbocycles. The Bertz CT molecular complexity index is 1190. The monoisotopic (exact) mass is 453 g/mol. The Morgan fingerprint density at radius 3 is 2.58 bits per heavy atom. The Hall–Kier alpha value is -3.47. The largest absolute Gasteiger partial charge is 0.417 e. The molecule has 0 atom stereocenters. The van der Waals surface area contributed by atoms with Crippen molar-refractivity contribution in [3.63, 3.8) is 0 Å². The van der Waals surface area contributed by atoms with Gasteiger partial charge < -0.3 is 10.2 Å². The highest BCUT2D eigenvalue weighted by Gasteiger charge is 2.32. The number of halogens is 5. The normalized spacial score (nSPS) is 14.1. The molecule has 12 heteroatoms. The van der Waals surface area contributed by atoms with Gasteiger partial charge in [0.1, 0.15) is 12.4 Å². The molecular formula is C19H12ClF4N5O2. The summed E-state index contributed by atoms with van der Waals surface area (Å²) in [7, 11) is 0. The van der Waals surface area contributed by atoms with E-state index in [0.29, 0.717) is 6.20 Å². The molecule has 1 fully saturated rings. The van der Waals surface area contributed by atoms with Gasteiger partial charge in [-0.05, 0) is 30.3 Å². The van der Waals surface area contributed by atoms with Crippen LogP contribution >= 0.6 is 11.6 Å². The smallest absolute Gasteiger partial charge is 0.337 e. The van der Waals surface area contributed by atoms with Crippen LogP contribution in [-0.2, 0) is 11.0 Å². The van der Waals surface area contributed by atoms with Crippen molar-refractivity contribution in [2.75, 3.05) is 13.2 Å². The summed E-state index contributed by atoms with van der Waals surface area (Å²) >= 11 is 5.84. The van der Waals surface area contributed by atoms with Gasteiger partial charge in [0.2, 0.25) is 5.91 Å². The maximum Gasteiger partial charge on any atom is 0.417 e. The maximum absolute atomic E-state index is 13.6. The zero-order valence-electron chi connectivity index (χ0n) is 15.5. The third-order valence-corrected chi connectivity index (χ3v) is 4.82. The van der Waals surface area contributed by atoms with Gasteiger partial charge in [-0.25, -0.2) is 9.07 Å². The summed E-state index contributed by atoms with van der Waals surface area (Å²) in [6.07, 6.45) is -2.77. The molecule has 2 aromatic heterocycles. The molecule has 1 N–H and O–H groups in total. The molecule has 1 aliphatic heterocycles. The van der Waals surface area contributed by atoms with Crippen molar-refractivity contribution < 1.29 is 27.2 Å². The lowest BCUT2D eigenvalue weighted by Crippen LogP contribution is -2.30. The second-order valence-corrected chi connectivity index (χ2v) is 7.05. The van der Waals surface area contributed by atoms with Gasteiger partial charge in [0, 0.05) is 18.0 Å². The van der Waals surface area contributed by atoms with Crippen molar-refractivity contribution in [1.29, 1.82) is 0 Å². The predicted octanol–water partition coefficient (Wildman–Crippen LogP) is 3.28. The standard InChI is InChI=1S/C19H12ClF4N5O2/c20-13-4-12(1-2-14(13)21)29-16(10-3-11(7-25-6-10)19(22,23)24)5-15(27-29)18(31)28-8-17(30)26-9-28/h1-7H,8-9H2,(H,26,30). The predicted molar refractivity (Wildman–Crippen MR) is 101 cm³/mol. The summed E-state index contributed by atoms with van der Waals surface area (Å²) in [4.78, 5) is 29.0. The SMILES string of the molecule is O=C1CN(C(=O)c2cc(-c3cncc(C(F)(F)F)c3)n(-c3ccc(F)c(Cl)c3)n2)CN1. The third-order valence-electron chi connectivity index (χ3n) is 4.53. The van der Waals surface area contributed by atoms with E-state index in [4.69, 9.17) is 11.6 Å². The zero-order chi connectivity index (χ0) is 22.3. The lowest BCUT2D eigenvalue weighted by atomic mass is 10.1. The first-order valence-corrected chi connectivity index (χ1v) is 9.15. The summed E-state index contributed by atoms with van der Waals surface area (Å²) in [5.74, 6) is -1.65. The Kier molecular flexibility index (Phi) is 5.13. The number of hydrogen-bond donors (Lipinski definition) is 1. The second-order valence-electron chi connectivity index (χ2n) is 6.65. The summed E-state index contributed by atoms with van der Waals surface area (Å²) < 4.78 is 54.2. The molecule has 4 rings (SSSR count). The fourth-order valence-corrected chi connectivity index (χ4v) is 3.19. The first-order valence-electron chi connectivity index (χ1n) is 8.77. The Morgan fingerprint density at radius 2 is 1.94 bits per heavy atom. The van der Waals surface area contributed by atoms with E-state index < -0.39 is 23.5 Å². The fraction of sp³-hybridized carbons (Fsp3) is 0.158. The van der Waals surface area contributed by atoms with Gasteiger partial charge in [-0.3, -0.25) is 14.6 Å². The number of rotatable bonds is 3. The number of carbonyl (C=O) groups excluding carboxylic acids is 2. The van der Waals surface area contributed by atoms with Crippen LogP contribution in [0.3, 0.4) is 0 Å². The average molecular weight is 454 g/mol. The molecule has 3 aromatic rings. The number of benzene rings is 1. The third kappa shape index (κ3) is 4.08. The van der Waals surface area contributed by atoms with Gasteiger partial charge >= 0.3 is 6.18 Å². The van der Waals surface area contributed by atoms with E-state index in [0.717, 1.165) is 12.1 Å². The quantitative estimate of drug-likeness (QED) is 0.617. The summed E-state index contributed by atoms with van der Waals surface area (Å²) in [5.41, 5.74) is -0.768. The number of hydrogen-bond acceptors (Lipinski definition) is 4. The van der Waals surface area contributed by atoms with Gasteiger partial charge in [0.05, 0.1) is 28.6 Å². The summed E-state index contributed by atoms with van der Waals surface area (Å²) in [5, 5.41) is 6.43. The zero-order valence-corrected chi connectivity index (χ0v) is 16.2. The highest BCUT2D eigenvalue weighted by atomic mass is 35.5. The molecule has 0 radical (unpaired) electrons. The minimum absolute atomic E-state index is 0.0205. The van der Waals surface area contributed by atoms with Crippen LogP contribution in [0.4, 0.5) is 17.6 Å². The molecule has 0 unspecified atom stereocenters. The molecule has 1 aromatic carbocycles. The molecular weight excluding hydrogens is 442 g/mol. The van der Waals surface area contributed by atoms with Crippen LogP contribution in [0.15, 0.2) is 42.7 Å². The van der Waals surface area contributed by atoms with Gasteiger partial charge in [-0.2, -0.15) is 18.3 Å². The molecule has 1 saturated heterocycles. The van der Waals surface area contributed by atoms with Crippen molar-refractivity contribution in [3.8, 4) is 16.9 Å². The number of carbonyl (C=O) groups is 2. The van der Waals surface area contributed by atoms with Crippen molar-refractivity contribution in [3.05, 3.63) is 64.8 Å². The van der Waals surface area contributed by atoms with Crippen LogP contribution in [0.1, 0.15) is 16.1 Å². The molecule has 160 valence electrons. The van der Waals surface area contributed by atoms with E-state index in [9.17, 15) is 27.2 Å². The lowest BCUT2D eigenvalue weighted by Gasteiger charge is -2.11. The molecule has 2 amide bonds. The second kappa shape index (κ2) is 7.65. The van der Waals surface area contributed by atoms with E-state index in [2.05, 4.69) is 15.4 Å². The van der Waals surface area contributed by atoms with Crippen molar-refractivity contribution in [1.82, 2.24) is 25.0 Å². The van der Waals surface area contributed by atoms with Gasteiger partial charge in [-0.15, -0.1) is 0 Å². The number of nitrogens with zero attached hydrogens (tertiary/aromatic N) is 4. The highest BCUT2D eigenvalue weighted by Crippen LogP contribution is 2.33. The Balaban J connectivity index is 1.84. The topological polar surface area (TPSA) is 80.1 Å². The van der Waals surface area contributed by atoms with E-state index in [1.807, 2.05) is 0 Å². The molecule has 31 heavy (non-hydrogen) atoms. The molecule has 0 bridgehead atoms. The van der Waals surface area contributed by atoms with Crippen molar-refractivity contribution >= 4 is 23.4 Å². The number of pyridine rings is 1. The minimum atomic E-state index is -4.63. The minimum Gasteiger partial charge on any atom is -0.337 e. The first-order chi connectivity index (χ1) is 14.6. The molecule has 3 heterocycles. The highest BCUT2D eigenvalue weighted by molar-refractivity contribution is 6.30. The molecule has 0 aliphatic carbocycles. The van der Waals surface area contributed by atoms with Gasteiger partial charge in [-0.1, -0.05) is 11.6 Å². The van der Waals surface area contributed by atoms with Crippen LogP contribution in [0.25, 0.3) is 16.9 Å². The first kappa shape index (κ1) is 20.8. The Morgan fingerprint density at radius 1 is 1.16 bits per heavy atom. The maximum atomic E-state index is 13.6. The summed E-state index contributed by atoms with van der Waals surface area (Å²) in [6, 6.07) is 5.75. The van der Waals surface area contributed by atoms with Crippen LogP contribution in [0, 0.1) is 5.82 Å². The number of aromatic nitrogens is 3. The van der Waals surface area contributed by atoms with E-state index in [-0.39, 0.29) is 46.8 Å². The van der Waals surface area contributed by atoms with Crippen LogP contribution in [0.5, 0.6) is 0 Å². The number of nitrogens with one attached hydrogen (secondary N) is 1. The molecule has 7 nitrogen and oxygen atoms in total. The molecule has 1 aliphatic rings. The van der Waals surface area contributed by atoms with E-state index >= 15 is 0 Å². The summed E-state index contributed by atoms with van der Waals surface area (Å²) in [6.45, 7) is -0.193. The van der Waals surface area contributed by atoms with Gasteiger partial charge in [0.15, 0.2) is 5.69 Å². The fourth-order valence-electron chi connectivity index (χ4n) is 3.01.